The summed E-state index contributed by atoms with van der Waals surface area (Å²) in [6.07, 6.45) is 5.28. The Balaban J connectivity index is 2.03. The molecule has 1 heterocycles. The van der Waals surface area contributed by atoms with Crippen molar-refractivity contribution in [3.63, 3.8) is 0 Å². The van der Waals surface area contributed by atoms with Crippen molar-refractivity contribution in [1.82, 2.24) is 9.78 Å². The number of benzene rings is 1. The molecule has 1 fully saturated rings. The Morgan fingerprint density at radius 1 is 1.42 bits per heavy atom. The molecule has 2 aromatic rings. The van der Waals surface area contributed by atoms with Crippen LogP contribution in [-0.2, 0) is 23.7 Å². The van der Waals surface area contributed by atoms with E-state index in [4.69, 9.17) is 4.74 Å². The normalized spacial score (nSPS) is 29.3. The van der Waals surface area contributed by atoms with Gasteiger partial charge in [-0.2, -0.15) is 5.10 Å². The Hall–Kier alpha value is -2.56. The molecule has 0 bridgehead atoms. The fourth-order valence-corrected chi connectivity index (χ4v) is 5.19. The molecule has 3 unspecified atom stereocenters. The van der Waals surface area contributed by atoms with Crippen molar-refractivity contribution in [1.29, 1.82) is 0 Å². The molecule has 1 aromatic carbocycles. The van der Waals surface area contributed by atoms with Gasteiger partial charge in [0.15, 0.2) is 5.78 Å². The quantitative estimate of drug-likeness (QED) is 0.665. The van der Waals surface area contributed by atoms with Crippen molar-refractivity contribution >= 4 is 5.78 Å². The van der Waals surface area contributed by atoms with Crippen LogP contribution in [0.3, 0.4) is 0 Å². The van der Waals surface area contributed by atoms with Crippen LogP contribution in [0.25, 0.3) is 0 Å². The van der Waals surface area contributed by atoms with Crippen LogP contribution >= 0.6 is 0 Å². The Morgan fingerprint density at radius 2 is 2.23 bits per heavy atom. The Morgan fingerprint density at radius 3 is 2.96 bits per heavy atom. The molecule has 5 nitrogen and oxygen atoms in total. The maximum absolute atomic E-state index is 12.8. The third kappa shape index (κ3) is 2.16. The van der Waals surface area contributed by atoms with Crippen LogP contribution in [0, 0.1) is 11.8 Å². The molecule has 0 spiro atoms. The minimum atomic E-state index is -0.394. The van der Waals surface area contributed by atoms with Crippen LogP contribution in [0.5, 0.6) is 5.75 Å². The summed E-state index contributed by atoms with van der Waals surface area (Å²) in [5.41, 5.74) is 3.59. The lowest BCUT2D eigenvalue weighted by Gasteiger charge is -2.50. The maximum atomic E-state index is 12.8. The van der Waals surface area contributed by atoms with Crippen LogP contribution in [-0.4, -0.2) is 27.8 Å². The number of fused-ring (bicyclic) bond motifs is 3. The molecule has 26 heavy (non-hydrogen) atoms. The first-order valence-electron chi connectivity index (χ1n) is 9.06. The van der Waals surface area contributed by atoms with Crippen molar-refractivity contribution in [3.8, 4) is 5.75 Å². The zero-order valence-corrected chi connectivity index (χ0v) is 15.4. The highest BCUT2D eigenvalue weighted by molar-refractivity contribution is 5.98. The second-order valence-corrected chi connectivity index (χ2v) is 7.47. The number of carbonyl (C=O) groups excluding carboxylic acids is 1. The van der Waals surface area contributed by atoms with E-state index in [1.165, 1.54) is 5.56 Å². The van der Waals surface area contributed by atoms with Gasteiger partial charge in [-0.1, -0.05) is 19.1 Å². The molecule has 2 aliphatic rings. The Bertz CT molecular complexity index is 898. The first kappa shape index (κ1) is 16.9. The lowest BCUT2D eigenvalue weighted by Crippen LogP contribution is -2.51. The summed E-state index contributed by atoms with van der Waals surface area (Å²) < 4.78 is 7.41. The molecule has 0 amide bonds. The second kappa shape index (κ2) is 6.01. The predicted molar refractivity (Wildman–Crippen MR) is 98.3 cm³/mol. The van der Waals surface area contributed by atoms with Crippen LogP contribution in [0.4, 0.5) is 0 Å². The number of rotatable bonds is 2. The van der Waals surface area contributed by atoms with Crippen molar-refractivity contribution in [2.75, 3.05) is 7.11 Å². The van der Waals surface area contributed by atoms with E-state index in [0.29, 0.717) is 12.0 Å². The molecule has 3 atom stereocenters. The number of allylic oxidation sites excluding steroid dienone is 1. The Kier molecular flexibility index (Phi) is 3.90. The molecule has 0 aliphatic heterocycles. The third-order valence-corrected chi connectivity index (χ3v) is 6.34. The van der Waals surface area contributed by atoms with Crippen LogP contribution < -0.4 is 4.74 Å². The average Bonchev–Trinajstić information content (AvgIpc) is 3.06. The van der Waals surface area contributed by atoms with Gasteiger partial charge in [-0.15, -0.1) is 0 Å². The molecule has 4 rings (SSSR count). The van der Waals surface area contributed by atoms with Crippen molar-refractivity contribution in [3.05, 3.63) is 59.1 Å². The number of aliphatic hydroxyl groups is 1. The van der Waals surface area contributed by atoms with Gasteiger partial charge in [0.2, 0.25) is 0 Å². The molecular formula is C21H24N2O3. The third-order valence-electron chi connectivity index (χ3n) is 6.34. The van der Waals surface area contributed by atoms with E-state index >= 15 is 0 Å². The smallest absolute Gasteiger partial charge is 0.165 e. The second-order valence-electron chi connectivity index (χ2n) is 7.47. The number of hydrogen-bond acceptors (Lipinski definition) is 4. The van der Waals surface area contributed by atoms with Gasteiger partial charge in [0.05, 0.1) is 25.3 Å². The standard InChI is InChI=1S/C21H24N2O3/c1-13-18-8-7-14-11-22-23(2)20(14)21(18,10-15(12-24)19(13)25)16-5-4-6-17(9-16)26-3/h4-6,9,11-13,18,24H,7-8,10H2,1-3H3. The molecular weight excluding hydrogens is 328 g/mol. The number of methoxy groups -OCH3 is 1. The lowest BCUT2D eigenvalue weighted by molar-refractivity contribution is -0.123. The zero-order valence-electron chi connectivity index (χ0n) is 15.4. The summed E-state index contributed by atoms with van der Waals surface area (Å²) in [5.74, 6) is 0.857. The SMILES string of the molecule is COc1cccc(C23CC(=CO)C(=O)C(C)C2CCc2cnn(C)c23)c1. The minimum Gasteiger partial charge on any atom is -0.515 e. The topological polar surface area (TPSA) is 64.3 Å². The summed E-state index contributed by atoms with van der Waals surface area (Å²) in [7, 11) is 3.63. The summed E-state index contributed by atoms with van der Waals surface area (Å²) in [5, 5.41) is 14.3. The maximum Gasteiger partial charge on any atom is 0.165 e. The largest absolute Gasteiger partial charge is 0.515 e. The van der Waals surface area contributed by atoms with Gasteiger partial charge in [0.1, 0.15) is 5.75 Å². The fourth-order valence-electron chi connectivity index (χ4n) is 5.19. The number of aryl methyl sites for hydroxylation is 2. The van der Waals surface area contributed by atoms with E-state index in [-0.39, 0.29) is 17.6 Å². The first-order valence-corrected chi connectivity index (χ1v) is 9.06. The van der Waals surface area contributed by atoms with Gasteiger partial charge in [-0.3, -0.25) is 9.48 Å². The van der Waals surface area contributed by atoms with Gasteiger partial charge >= 0.3 is 0 Å². The Labute approximate surface area is 153 Å². The van der Waals surface area contributed by atoms with Crippen molar-refractivity contribution < 1.29 is 14.6 Å². The van der Waals surface area contributed by atoms with Crippen LogP contribution in [0.1, 0.15) is 36.6 Å². The number of aliphatic hydroxyl groups excluding tert-OH is 1. The molecule has 5 heteroatoms. The highest BCUT2D eigenvalue weighted by atomic mass is 16.5. The van der Waals surface area contributed by atoms with E-state index in [9.17, 15) is 9.90 Å². The monoisotopic (exact) mass is 352 g/mol. The van der Waals surface area contributed by atoms with Gasteiger partial charge in [-0.05, 0) is 48.4 Å². The van der Waals surface area contributed by atoms with Gasteiger partial charge < -0.3 is 9.84 Å². The number of Topliss-reactive ketones (excluding diaryl/α,β-unsaturated/α-hetero) is 1. The molecule has 0 saturated heterocycles. The van der Waals surface area contributed by atoms with Gasteiger partial charge in [0, 0.05) is 24.0 Å². The molecule has 1 N–H and O–H groups in total. The van der Waals surface area contributed by atoms with E-state index < -0.39 is 5.41 Å². The van der Waals surface area contributed by atoms with Crippen LogP contribution in [0.15, 0.2) is 42.3 Å². The number of nitrogens with zero attached hydrogens (tertiary/aromatic N) is 2. The van der Waals surface area contributed by atoms with E-state index in [1.807, 2.05) is 37.0 Å². The number of ether oxygens (including phenoxy) is 1. The minimum absolute atomic E-state index is 0.0571. The zero-order chi connectivity index (χ0) is 18.5. The predicted octanol–water partition coefficient (Wildman–Crippen LogP) is 3.33. The molecule has 0 radical (unpaired) electrons. The highest BCUT2D eigenvalue weighted by Crippen LogP contribution is 2.56. The van der Waals surface area contributed by atoms with E-state index in [2.05, 4.69) is 17.2 Å². The summed E-state index contributed by atoms with van der Waals surface area (Å²) in [6.45, 7) is 1.99. The van der Waals surface area contributed by atoms with Gasteiger partial charge in [-0.25, -0.2) is 0 Å². The van der Waals surface area contributed by atoms with Gasteiger partial charge in [0.25, 0.3) is 0 Å². The van der Waals surface area contributed by atoms with Crippen molar-refractivity contribution in [2.45, 2.75) is 31.6 Å². The lowest BCUT2D eigenvalue weighted by atomic mass is 9.52. The number of carbonyl (C=O) groups is 1. The highest BCUT2D eigenvalue weighted by Gasteiger charge is 2.55. The average molecular weight is 352 g/mol. The molecule has 136 valence electrons. The molecule has 1 saturated carbocycles. The summed E-state index contributed by atoms with van der Waals surface area (Å²) in [4.78, 5) is 12.8. The molecule has 2 aliphatic carbocycles. The number of ketones is 1. The summed E-state index contributed by atoms with van der Waals surface area (Å²) >= 11 is 0. The first-order chi connectivity index (χ1) is 12.5. The van der Waals surface area contributed by atoms with E-state index in [0.717, 1.165) is 36.1 Å². The fraction of sp³-hybridized carbons (Fsp3) is 0.429. The number of hydrogen-bond donors (Lipinski definition) is 1. The van der Waals surface area contributed by atoms with E-state index in [1.54, 1.807) is 7.11 Å². The van der Waals surface area contributed by atoms with Crippen molar-refractivity contribution in [2.24, 2.45) is 18.9 Å². The summed E-state index contributed by atoms with van der Waals surface area (Å²) in [6, 6.07) is 8.10. The van der Waals surface area contributed by atoms with Crippen LogP contribution in [0.2, 0.25) is 0 Å². The number of aromatic nitrogens is 2. The molecule has 1 aromatic heterocycles.